The summed E-state index contributed by atoms with van der Waals surface area (Å²) in [5.74, 6) is -0.778. The number of carbonyl (C=O) groups is 1. The molecule has 4 nitrogen and oxygen atoms in total. The van der Waals surface area contributed by atoms with Crippen molar-refractivity contribution in [2.45, 2.75) is 12.5 Å². The minimum atomic E-state index is -0.515. The van der Waals surface area contributed by atoms with E-state index < -0.39 is 5.82 Å². The lowest BCUT2D eigenvalue weighted by Crippen LogP contribution is -2.22. The van der Waals surface area contributed by atoms with Gasteiger partial charge < -0.3 is 15.0 Å². The highest BCUT2D eigenvalue weighted by molar-refractivity contribution is 6.31. The van der Waals surface area contributed by atoms with Crippen LogP contribution in [0, 0.1) is 5.82 Å². The fourth-order valence-electron chi connectivity index (χ4n) is 2.76. The van der Waals surface area contributed by atoms with Crippen LogP contribution >= 0.6 is 11.6 Å². The van der Waals surface area contributed by atoms with Gasteiger partial charge in [0.1, 0.15) is 5.82 Å². The van der Waals surface area contributed by atoms with Crippen LogP contribution in [0.3, 0.4) is 0 Å². The Bertz CT molecular complexity index is 736. The average Bonchev–Trinajstić information content (AvgIpc) is 3.07. The predicted molar refractivity (Wildman–Crippen MR) is 93.4 cm³/mol. The van der Waals surface area contributed by atoms with E-state index >= 15 is 0 Å². The summed E-state index contributed by atoms with van der Waals surface area (Å²) in [6, 6.07) is 11.5. The summed E-state index contributed by atoms with van der Waals surface area (Å²) in [5, 5.41) is 2.68. The highest BCUT2D eigenvalue weighted by atomic mass is 35.5. The minimum absolute atomic E-state index is 0.0233. The van der Waals surface area contributed by atoms with Crippen molar-refractivity contribution in [2.75, 3.05) is 30.4 Å². The lowest BCUT2D eigenvalue weighted by molar-refractivity contribution is 0.102. The Kier molecular flexibility index (Phi) is 5.02. The molecule has 0 saturated carbocycles. The zero-order chi connectivity index (χ0) is 17.1. The molecule has 126 valence electrons. The van der Waals surface area contributed by atoms with E-state index in [-0.39, 0.29) is 17.0 Å². The number of ether oxygens (including phenoxy) is 1. The molecular weight excluding hydrogens is 331 g/mol. The summed E-state index contributed by atoms with van der Waals surface area (Å²) in [5.41, 5.74) is 2.05. The van der Waals surface area contributed by atoms with Gasteiger partial charge in [0.2, 0.25) is 0 Å². The maximum atomic E-state index is 13.1. The third kappa shape index (κ3) is 3.68. The third-order valence-electron chi connectivity index (χ3n) is 4.15. The van der Waals surface area contributed by atoms with Gasteiger partial charge in [-0.15, -0.1) is 0 Å². The Morgan fingerprint density at radius 1 is 1.29 bits per heavy atom. The molecule has 1 fully saturated rings. The molecule has 1 aliphatic heterocycles. The van der Waals surface area contributed by atoms with Crippen molar-refractivity contribution in [3.63, 3.8) is 0 Å². The van der Waals surface area contributed by atoms with Gasteiger partial charge in [0.05, 0.1) is 11.1 Å². The number of anilines is 2. The SMILES string of the molecule is CO[C@@H]1CCN(c2ccc(C(=O)Nc3ccc(F)c(Cl)c3)cc2)C1. The molecule has 24 heavy (non-hydrogen) atoms. The molecule has 0 spiro atoms. The molecule has 1 N–H and O–H groups in total. The van der Waals surface area contributed by atoms with E-state index in [4.69, 9.17) is 16.3 Å². The molecule has 0 bridgehead atoms. The quantitative estimate of drug-likeness (QED) is 0.909. The van der Waals surface area contributed by atoms with Crippen molar-refractivity contribution in [1.29, 1.82) is 0 Å². The number of hydrogen-bond donors (Lipinski definition) is 1. The maximum Gasteiger partial charge on any atom is 0.255 e. The van der Waals surface area contributed by atoms with E-state index in [1.165, 1.54) is 18.2 Å². The van der Waals surface area contributed by atoms with E-state index in [2.05, 4.69) is 10.2 Å². The van der Waals surface area contributed by atoms with Gasteiger partial charge in [0.25, 0.3) is 5.91 Å². The summed E-state index contributed by atoms with van der Waals surface area (Å²) in [6.45, 7) is 1.80. The third-order valence-corrected chi connectivity index (χ3v) is 4.44. The molecular formula is C18H18ClFN2O2. The molecule has 3 rings (SSSR count). The molecule has 2 aromatic rings. The van der Waals surface area contributed by atoms with Crippen LogP contribution in [0.25, 0.3) is 0 Å². The molecule has 1 saturated heterocycles. The average molecular weight is 349 g/mol. The molecule has 6 heteroatoms. The Labute approximate surface area is 145 Å². The molecule has 1 aliphatic rings. The number of hydrogen-bond acceptors (Lipinski definition) is 3. The van der Waals surface area contributed by atoms with Crippen LogP contribution in [0.2, 0.25) is 5.02 Å². The fourth-order valence-corrected chi connectivity index (χ4v) is 2.94. The number of carbonyl (C=O) groups excluding carboxylic acids is 1. The number of rotatable bonds is 4. The smallest absolute Gasteiger partial charge is 0.255 e. The lowest BCUT2D eigenvalue weighted by Gasteiger charge is -2.18. The van der Waals surface area contributed by atoms with Crippen LogP contribution in [0.5, 0.6) is 0 Å². The van der Waals surface area contributed by atoms with E-state index in [1.807, 2.05) is 12.1 Å². The predicted octanol–water partition coefficient (Wildman–Crippen LogP) is 3.96. The molecule has 1 atom stereocenters. The second-order valence-corrected chi connectivity index (χ2v) is 6.13. The van der Waals surface area contributed by atoms with Crippen LogP contribution in [0.4, 0.5) is 15.8 Å². The van der Waals surface area contributed by atoms with Crippen molar-refractivity contribution < 1.29 is 13.9 Å². The summed E-state index contributed by atoms with van der Waals surface area (Å²) in [4.78, 5) is 14.5. The largest absolute Gasteiger partial charge is 0.380 e. The van der Waals surface area contributed by atoms with Crippen LogP contribution in [0.15, 0.2) is 42.5 Å². The summed E-state index contributed by atoms with van der Waals surface area (Å²) >= 11 is 5.72. The number of halogens is 2. The number of nitrogens with one attached hydrogen (secondary N) is 1. The van der Waals surface area contributed by atoms with Crippen molar-refractivity contribution in [1.82, 2.24) is 0 Å². The monoisotopic (exact) mass is 348 g/mol. The topological polar surface area (TPSA) is 41.6 Å². The molecule has 1 heterocycles. The van der Waals surface area contributed by atoms with Crippen molar-refractivity contribution in [3.05, 3.63) is 58.9 Å². The highest BCUT2D eigenvalue weighted by Gasteiger charge is 2.22. The Balaban J connectivity index is 1.66. The Morgan fingerprint density at radius 3 is 2.67 bits per heavy atom. The number of benzene rings is 2. The molecule has 0 radical (unpaired) electrons. The number of amides is 1. The van der Waals surface area contributed by atoms with Crippen LogP contribution < -0.4 is 10.2 Å². The normalized spacial score (nSPS) is 17.1. The van der Waals surface area contributed by atoms with Gasteiger partial charge >= 0.3 is 0 Å². The van der Waals surface area contributed by atoms with Gasteiger partial charge in [-0.3, -0.25) is 4.79 Å². The zero-order valence-electron chi connectivity index (χ0n) is 13.3. The van der Waals surface area contributed by atoms with Crippen molar-refractivity contribution in [2.24, 2.45) is 0 Å². The molecule has 2 aromatic carbocycles. The molecule has 0 aliphatic carbocycles. The standard InChI is InChI=1S/C18H18ClFN2O2/c1-24-15-8-9-22(11-15)14-5-2-12(3-6-14)18(23)21-13-4-7-17(20)16(19)10-13/h2-7,10,15H,8-9,11H2,1H3,(H,21,23)/t15-/m1/s1. The van der Waals surface area contributed by atoms with E-state index in [1.54, 1.807) is 19.2 Å². The second-order valence-electron chi connectivity index (χ2n) is 5.72. The summed E-state index contributed by atoms with van der Waals surface area (Å²) < 4.78 is 18.5. The van der Waals surface area contributed by atoms with Gasteiger partial charge in [-0.2, -0.15) is 0 Å². The van der Waals surface area contributed by atoms with Gasteiger partial charge in [-0.05, 0) is 48.9 Å². The number of nitrogens with zero attached hydrogens (tertiary/aromatic N) is 1. The molecule has 1 amide bonds. The van der Waals surface area contributed by atoms with Gasteiger partial charge in [-0.1, -0.05) is 11.6 Å². The lowest BCUT2D eigenvalue weighted by atomic mass is 10.1. The van der Waals surface area contributed by atoms with E-state index in [0.717, 1.165) is 25.2 Å². The van der Waals surface area contributed by atoms with Crippen LogP contribution in [-0.2, 0) is 4.74 Å². The Hall–Kier alpha value is -2.11. The first-order valence-electron chi connectivity index (χ1n) is 7.71. The summed E-state index contributed by atoms with van der Waals surface area (Å²) in [7, 11) is 1.73. The fraction of sp³-hybridized carbons (Fsp3) is 0.278. The van der Waals surface area contributed by atoms with Crippen LogP contribution in [-0.4, -0.2) is 32.2 Å². The Morgan fingerprint density at radius 2 is 2.04 bits per heavy atom. The summed E-state index contributed by atoms with van der Waals surface area (Å²) in [6.07, 6.45) is 1.26. The molecule has 0 unspecified atom stereocenters. The maximum absolute atomic E-state index is 13.1. The first-order chi connectivity index (χ1) is 11.6. The first kappa shape index (κ1) is 16.7. The van der Waals surface area contributed by atoms with Crippen molar-refractivity contribution in [3.8, 4) is 0 Å². The van der Waals surface area contributed by atoms with Gasteiger partial charge in [0, 0.05) is 37.1 Å². The highest BCUT2D eigenvalue weighted by Crippen LogP contribution is 2.23. The van der Waals surface area contributed by atoms with Crippen LogP contribution in [0.1, 0.15) is 16.8 Å². The minimum Gasteiger partial charge on any atom is -0.380 e. The zero-order valence-corrected chi connectivity index (χ0v) is 14.0. The molecule has 0 aromatic heterocycles. The second kappa shape index (κ2) is 7.20. The number of methoxy groups -OCH3 is 1. The van der Waals surface area contributed by atoms with E-state index in [0.29, 0.717) is 11.3 Å². The van der Waals surface area contributed by atoms with Gasteiger partial charge in [-0.25, -0.2) is 4.39 Å². The van der Waals surface area contributed by atoms with Crippen molar-refractivity contribution >= 4 is 28.9 Å². The first-order valence-corrected chi connectivity index (χ1v) is 8.09. The van der Waals surface area contributed by atoms with Gasteiger partial charge in [0.15, 0.2) is 0 Å². The van der Waals surface area contributed by atoms with E-state index in [9.17, 15) is 9.18 Å².